The summed E-state index contributed by atoms with van der Waals surface area (Å²) in [5, 5.41) is 3.54. The van der Waals surface area contributed by atoms with E-state index in [1.807, 2.05) is 11.3 Å². The third-order valence-electron chi connectivity index (χ3n) is 2.94. The van der Waals surface area contributed by atoms with E-state index in [9.17, 15) is 0 Å². The Balaban J connectivity index is 1.62. The number of ether oxygens (including phenoxy) is 1. The van der Waals surface area contributed by atoms with Gasteiger partial charge < -0.3 is 10.1 Å². The average molecular weight is 253 g/mol. The van der Waals surface area contributed by atoms with Gasteiger partial charge in [-0.15, -0.1) is 11.3 Å². The van der Waals surface area contributed by atoms with Gasteiger partial charge in [-0.25, -0.2) is 0 Å². The highest BCUT2D eigenvalue weighted by Crippen LogP contribution is 2.22. The van der Waals surface area contributed by atoms with Crippen LogP contribution in [-0.2, 0) is 17.9 Å². The van der Waals surface area contributed by atoms with Gasteiger partial charge in [-0.3, -0.25) is 0 Å². The first kappa shape index (κ1) is 13.1. The van der Waals surface area contributed by atoms with Gasteiger partial charge >= 0.3 is 0 Å². The predicted molar refractivity (Wildman–Crippen MR) is 73.3 cm³/mol. The fourth-order valence-electron chi connectivity index (χ4n) is 1.62. The highest BCUT2D eigenvalue weighted by molar-refractivity contribution is 7.11. The zero-order valence-electron chi connectivity index (χ0n) is 10.9. The van der Waals surface area contributed by atoms with Gasteiger partial charge in [-0.1, -0.05) is 13.8 Å². The quantitative estimate of drug-likeness (QED) is 0.715. The molecule has 0 bridgehead atoms. The van der Waals surface area contributed by atoms with Gasteiger partial charge in [0.15, 0.2) is 0 Å². The molecule has 1 aliphatic carbocycles. The van der Waals surface area contributed by atoms with Crippen molar-refractivity contribution in [2.45, 2.75) is 52.3 Å². The average Bonchev–Trinajstić information content (AvgIpc) is 3.01. The van der Waals surface area contributed by atoms with E-state index in [1.165, 1.54) is 22.6 Å². The Morgan fingerprint density at radius 3 is 2.82 bits per heavy atom. The lowest BCUT2D eigenvalue weighted by Gasteiger charge is -2.04. The molecule has 0 saturated heterocycles. The van der Waals surface area contributed by atoms with Gasteiger partial charge in [-0.05, 0) is 37.3 Å². The van der Waals surface area contributed by atoms with Crippen molar-refractivity contribution in [3.63, 3.8) is 0 Å². The van der Waals surface area contributed by atoms with Crippen molar-refractivity contribution in [1.82, 2.24) is 5.32 Å². The van der Waals surface area contributed by atoms with Gasteiger partial charge in [0, 0.05) is 28.9 Å². The molecule has 0 amide bonds. The summed E-state index contributed by atoms with van der Waals surface area (Å²) in [6, 6.07) is 5.22. The van der Waals surface area contributed by atoms with Crippen molar-refractivity contribution in [2.75, 3.05) is 6.61 Å². The zero-order chi connectivity index (χ0) is 12.1. The standard InChI is InChI=1S/C14H23NOS/c1-11(2)7-8-16-10-14-6-5-13(17-14)9-15-12-3-4-12/h5-6,11-12,15H,3-4,7-10H2,1-2H3. The van der Waals surface area contributed by atoms with Gasteiger partial charge in [0.05, 0.1) is 6.61 Å². The fourth-order valence-corrected chi connectivity index (χ4v) is 2.53. The molecule has 1 N–H and O–H groups in total. The van der Waals surface area contributed by atoms with Crippen LogP contribution >= 0.6 is 11.3 Å². The molecule has 2 nitrogen and oxygen atoms in total. The molecule has 0 unspecified atom stereocenters. The Hall–Kier alpha value is -0.380. The van der Waals surface area contributed by atoms with E-state index in [1.54, 1.807) is 0 Å². The number of rotatable bonds is 8. The first-order valence-corrected chi connectivity index (χ1v) is 7.44. The second-order valence-electron chi connectivity index (χ2n) is 5.26. The van der Waals surface area contributed by atoms with E-state index in [0.29, 0.717) is 0 Å². The molecule has 1 fully saturated rings. The number of hydrogen-bond acceptors (Lipinski definition) is 3. The van der Waals surface area contributed by atoms with Gasteiger partial charge in [0.1, 0.15) is 0 Å². The Kier molecular flexibility index (Phi) is 5.01. The van der Waals surface area contributed by atoms with Gasteiger partial charge in [0.25, 0.3) is 0 Å². The van der Waals surface area contributed by atoms with Crippen molar-refractivity contribution >= 4 is 11.3 Å². The summed E-state index contributed by atoms with van der Waals surface area (Å²) in [6.07, 6.45) is 3.87. The molecule has 0 atom stereocenters. The van der Waals surface area contributed by atoms with Crippen molar-refractivity contribution in [1.29, 1.82) is 0 Å². The summed E-state index contributed by atoms with van der Waals surface area (Å²) < 4.78 is 5.67. The van der Waals surface area contributed by atoms with E-state index in [4.69, 9.17) is 4.74 Å². The van der Waals surface area contributed by atoms with Gasteiger partial charge in [-0.2, -0.15) is 0 Å². The van der Waals surface area contributed by atoms with Crippen molar-refractivity contribution < 1.29 is 4.74 Å². The highest BCUT2D eigenvalue weighted by atomic mass is 32.1. The molecular formula is C14H23NOS. The second-order valence-corrected chi connectivity index (χ2v) is 6.51. The molecule has 0 spiro atoms. The highest BCUT2D eigenvalue weighted by Gasteiger charge is 2.20. The largest absolute Gasteiger partial charge is 0.376 e. The van der Waals surface area contributed by atoms with Crippen molar-refractivity contribution in [2.24, 2.45) is 5.92 Å². The molecule has 1 aromatic rings. The smallest absolute Gasteiger partial charge is 0.0809 e. The minimum Gasteiger partial charge on any atom is -0.376 e. The van der Waals surface area contributed by atoms with E-state index < -0.39 is 0 Å². The van der Waals surface area contributed by atoms with Crippen LogP contribution in [0.1, 0.15) is 42.9 Å². The molecule has 3 heteroatoms. The van der Waals surface area contributed by atoms with E-state index in [-0.39, 0.29) is 0 Å². The van der Waals surface area contributed by atoms with Crippen molar-refractivity contribution in [3.05, 3.63) is 21.9 Å². The number of nitrogens with one attached hydrogen (secondary N) is 1. The summed E-state index contributed by atoms with van der Waals surface area (Å²) in [7, 11) is 0. The van der Waals surface area contributed by atoms with Crippen LogP contribution in [0.5, 0.6) is 0 Å². The monoisotopic (exact) mass is 253 g/mol. The first-order chi connectivity index (χ1) is 8.24. The summed E-state index contributed by atoms with van der Waals surface area (Å²) in [5.74, 6) is 0.733. The Bertz CT molecular complexity index is 331. The topological polar surface area (TPSA) is 21.3 Å². The van der Waals surface area contributed by atoms with Crippen LogP contribution < -0.4 is 5.32 Å². The molecular weight excluding hydrogens is 230 g/mol. The number of thiophene rings is 1. The summed E-state index contributed by atoms with van der Waals surface area (Å²) in [4.78, 5) is 2.78. The first-order valence-electron chi connectivity index (χ1n) is 6.63. The maximum Gasteiger partial charge on any atom is 0.0809 e. The van der Waals surface area contributed by atoms with Gasteiger partial charge in [0.2, 0.25) is 0 Å². The van der Waals surface area contributed by atoms with Crippen LogP contribution in [0.4, 0.5) is 0 Å². The van der Waals surface area contributed by atoms with E-state index >= 15 is 0 Å². The SMILES string of the molecule is CC(C)CCOCc1ccc(CNC2CC2)s1. The molecule has 0 aromatic carbocycles. The Morgan fingerprint density at radius 1 is 1.35 bits per heavy atom. The lowest BCUT2D eigenvalue weighted by Crippen LogP contribution is -2.14. The molecule has 1 saturated carbocycles. The summed E-state index contributed by atoms with van der Waals surface area (Å²) in [5.41, 5.74) is 0. The second kappa shape index (κ2) is 6.53. The zero-order valence-corrected chi connectivity index (χ0v) is 11.7. The molecule has 1 aliphatic rings. The molecule has 2 rings (SSSR count). The molecule has 96 valence electrons. The van der Waals surface area contributed by atoms with Crippen LogP contribution in [0, 0.1) is 5.92 Å². The maximum atomic E-state index is 5.67. The predicted octanol–water partition coefficient (Wildman–Crippen LogP) is 3.56. The summed E-state index contributed by atoms with van der Waals surface area (Å²) >= 11 is 1.87. The lowest BCUT2D eigenvalue weighted by molar-refractivity contribution is 0.112. The van der Waals surface area contributed by atoms with Crippen LogP contribution in [0.2, 0.25) is 0 Å². The third kappa shape index (κ3) is 5.19. The molecule has 1 aromatic heterocycles. The van der Waals surface area contributed by atoms with Crippen LogP contribution in [0.3, 0.4) is 0 Å². The molecule has 1 heterocycles. The molecule has 17 heavy (non-hydrogen) atoms. The van der Waals surface area contributed by atoms with E-state index in [0.717, 1.165) is 38.1 Å². The molecule has 0 radical (unpaired) electrons. The third-order valence-corrected chi connectivity index (χ3v) is 4.00. The Morgan fingerprint density at radius 2 is 2.12 bits per heavy atom. The minimum atomic E-state index is 0.733. The molecule has 0 aliphatic heterocycles. The van der Waals surface area contributed by atoms with Crippen LogP contribution in [0.15, 0.2) is 12.1 Å². The lowest BCUT2D eigenvalue weighted by atomic mass is 10.1. The number of hydrogen-bond donors (Lipinski definition) is 1. The van der Waals surface area contributed by atoms with Crippen LogP contribution in [0.25, 0.3) is 0 Å². The Labute approximate surface area is 108 Å². The maximum absolute atomic E-state index is 5.67. The van der Waals surface area contributed by atoms with Crippen molar-refractivity contribution in [3.8, 4) is 0 Å². The summed E-state index contributed by atoms with van der Waals surface area (Å²) in [6.45, 7) is 7.15. The van der Waals surface area contributed by atoms with Crippen LogP contribution in [-0.4, -0.2) is 12.6 Å². The minimum absolute atomic E-state index is 0.733. The normalized spacial score (nSPS) is 15.7. The van der Waals surface area contributed by atoms with E-state index in [2.05, 4.69) is 31.3 Å². The fraction of sp³-hybridized carbons (Fsp3) is 0.714.